The van der Waals surface area contributed by atoms with E-state index in [0.717, 1.165) is 30.1 Å². The van der Waals surface area contributed by atoms with Crippen molar-refractivity contribution in [1.82, 2.24) is 4.90 Å². The van der Waals surface area contributed by atoms with Crippen LogP contribution < -0.4 is 14.4 Å². The molecule has 0 unspecified atom stereocenters. The van der Waals surface area contributed by atoms with Gasteiger partial charge in [0.25, 0.3) is 5.91 Å². The molecule has 25 heavy (non-hydrogen) atoms. The topological polar surface area (TPSA) is 42.0 Å². The third-order valence-corrected chi connectivity index (χ3v) is 4.58. The summed E-state index contributed by atoms with van der Waals surface area (Å²) in [5, 5.41) is 0. The second-order valence-corrected chi connectivity index (χ2v) is 6.15. The number of piperazine rings is 1. The first-order chi connectivity index (χ1) is 12.1. The van der Waals surface area contributed by atoms with Crippen LogP contribution in [-0.2, 0) is 0 Å². The summed E-state index contributed by atoms with van der Waals surface area (Å²) in [7, 11) is 3.28. The van der Waals surface area contributed by atoms with Gasteiger partial charge in [0.2, 0.25) is 0 Å². The van der Waals surface area contributed by atoms with Gasteiger partial charge in [0.05, 0.1) is 25.5 Å². The maximum atomic E-state index is 12.9. The Balaban J connectivity index is 1.72. The van der Waals surface area contributed by atoms with E-state index < -0.39 is 0 Å². The molecule has 0 aliphatic carbocycles. The molecule has 1 aliphatic heterocycles. The van der Waals surface area contributed by atoms with Gasteiger partial charge in [-0.2, -0.15) is 0 Å². The minimum Gasteiger partial charge on any atom is -0.496 e. The predicted octanol–water partition coefficient (Wildman–Crippen LogP) is 2.97. The van der Waals surface area contributed by atoms with Crippen molar-refractivity contribution in [2.24, 2.45) is 0 Å². The maximum Gasteiger partial charge on any atom is 0.257 e. The Bertz CT molecular complexity index is 752. The number of amides is 1. The second kappa shape index (κ2) is 7.47. The lowest BCUT2D eigenvalue weighted by Crippen LogP contribution is -2.49. The van der Waals surface area contributed by atoms with Gasteiger partial charge in [-0.1, -0.05) is 23.8 Å². The van der Waals surface area contributed by atoms with E-state index in [9.17, 15) is 4.79 Å². The molecule has 0 bridgehead atoms. The Kier molecular flexibility index (Phi) is 5.12. The summed E-state index contributed by atoms with van der Waals surface area (Å²) in [6.45, 7) is 4.89. The van der Waals surface area contributed by atoms with E-state index in [-0.39, 0.29) is 5.91 Å². The molecule has 0 atom stereocenters. The molecule has 0 aromatic heterocycles. The van der Waals surface area contributed by atoms with E-state index in [2.05, 4.69) is 11.0 Å². The number of para-hydroxylation sites is 2. The molecule has 1 heterocycles. The highest BCUT2D eigenvalue weighted by atomic mass is 16.5. The monoisotopic (exact) mass is 340 g/mol. The first kappa shape index (κ1) is 17.1. The normalized spacial score (nSPS) is 14.4. The predicted molar refractivity (Wildman–Crippen MR) is 98.8 cm³/mol. The number of hydrogen-bond donors (Lipinski definition) is 0. The van der Waals surface area contributed by atoms with Crippen molar-refractivity contribution in [3.63, 3.8) is 0 Å². The summed E-state index contributed by atoms with van der Waals surface area (Å²) in [6.07, 6.45) is 0. The molecule has 0 spiro atoms. The van der Waals surface area contributed by atoms with Gasteiger partial charge in [-0.3, -0.25) is 4.79 Å². The van der Waals surface area contributed by atoms with Crippen molar-refractivity contribution in [2.45, 2.75) is 6.92 Å². The standard InChI is InChI=1S/C20H24N2O3/c1-15-8-9-18(24-2)16(14-15)20(23)22-12-10-21(11-13-22)17-6-4-5-7-19(17)25-3/h4-9,14H,10-13H2,1-3H3. The van der Waals surface area contributed by atoms with E-state index >= 15 is 0 Å². The SMILES string of the molecule is COc1ccc(C)cc1C(=O)N1CCN(c2ccccc2OC)CC1. The molecule has 1 saturated heterocycles. The summed E-state index contributed by atoms with van der Waals surface area (Å²) in [6, 6.07) is 13.7. The molecular weight excluding hydrogens is 316 g/mol. The fraction of sp³-hybridized carbons (Fsp3) is 0.350. The third kappa shape index (κ3) is 3.55. The molecule has 1 amide bonds. The van der Waals surface area contributed by atoms with Crippen LogP contribution in [0.3, 0.4) is 0 Å². The minimum absolute atomic E-state index is 0.0280. The van der Waals surface area contributed by atoms with E-state index in [1.165, 1.54) is 0 Å². The Labute approximate surface area is 148 Å². The highest BCUT2D eigenvalue weighted by molar-refractivity contribution is 5.97. The number of nitrogens with zero attached hydrogens (tertiary/aromatic N) is 2. The number of hydrogen-bond acceptors (Lipinski definition) is 4. The van der Waals surface area contributed by atoms with Crippen molar-refractivity contribution in [3.8, 4) is 11.5 Å². The van der Waals surface area contributed by atoms with Crippen LogP contribution in [0.15, 0.2) is 42.5 Å². The van der Waals surface area contributed by atoms with Crippen molar-refractivity contribution in [2.75, 3.05) is 45.3 Å². The minimum atomic E-state index is 0.0280. The van der Waals surface area contributed by atoms with Crippen molar-refractivity contribution >= 4 is 11.6 Å². The van der Waals surface area contributed by atoms with Gasteiger partial charge in [-0.05, 0) is 31.2 Å². The van der Waals surface area contributed by atoms with E-state index in [1.807, 2.05) is 48.2 Å². The Morgan fingerprint density at radius 1 is 0.920 bits per heavy atom. The van der Waals surface area contributed by atoms with Gasteiger partial charge in [-0.15, -0.1) is 0 Å². The molecule has 3 rings (SSSR count). The summed E-state index contributed by atoms with van der Waals surface area (Å²) >= 11 is 0. The number of carbonyl (C=O) groups excluding carboxylic acids is 1. The summed E-state index contributed by atoms with van der Waals surface area (Å²) < 4.78 is 10.8. The lowest BCUT2D eigenvalue weighted by molar-refractivity contribution is 0.0743. The van der Waals surface area contributed by atoms with Crippen molar-refractivity contribution in [3.05, 3.63) is 53.6 Å². The zero-order valence-corrected chi connectivity index (χ0v) is 15.0. The van der Waals surface area contributed by atoms with Gasteiger partial charge < -0.3 is 19.3 Å². The van der Waals surface area contributed by atoms with Crippen LogP contribution in [0.4, 0.5) is 5.69 Å². The zero-order chi connectivity index (χ0) is 17.8. The zero-order valence-electron chi connectivity index (χ0n) is 15.0. The third-order valence-electron chi connectivity index (χ3n) is 4.58. The van der Waals surface area contributed by atoms with E-state index in [4.69, 9.17) is 9.47 Å². The fourth-order valence-electron chi connectivity index (χ4n) is 3.20. The first-order valence-corrected chi connectivity index (χ1v) is 8.46. The number of benzene rings is 2. The average Bonchev–Trinajstić information content (AvgIpc) is 2.67. The fourth-order valence-corrected chi connectivity index (χ4v) is 3.20. The number of anilines is 1. The van der Waals surface area contributed by atoms with Crippen LogP contribution in [0.25, 0.3) is 0 Å². The van der Waals surface area contributed by atoms with Crippen LogP contribution in [0, 0.1) is 6.92 Å². The van der Waals surface area contributed by atoms with Crippen LogP contribution in [0.2, 0.25) is 0 Å². The van der Waals surface area contributed by atoms with Gasteiger partial charge in [-0.25, -0.2) is 0 Å². The Hall–Kier alpha value is -2.69. The Morgan fingerprint density at radius 3 is 2.28 bits per heavy atom. The average molecular weight is 340 g/mol. The molecule has 5 heteroatoms. The number of aryl methyl sites for hydroxylation is 1. The maximum absolute atomic E-state index is 12.9. The van der Waals surface area contributed by atoms with E-state index in [1.54, 1.807) is 14.2 Å². The van der Waals surface area contributed by atoms with Crippen molar-refractivity contribution in [1.29, 1.82) is 0 Å². The lowest BCUT2D eigenvalue weighted by atomic mass is 10.1. The highest BCUT2D eigenvalue weighted by Gasteiger charge is 2.25. The molecule has 0 saturated carbocycles. The second-order valence-electron chi connectivity index (χ2n) is 6.15. The molecule has 2 aromatic rings. The lowest BCUT2D eigenvalue weighted by Gasteiger charge is -2.36. The quantitative estimate of drug-likeness (QED) is 0.858. The molecule has 5 nitrogen and oxygen atoms in total. The molecule has 1 fully saturated rings. The first-order valence-electron chi connectivity index (χ1n) is 8.46. The number of ether oxygens (including phenoxy) is 2. The summed E-state index contributed by atoms with van der Waals surface area (Å²) in [5.41, 5.74) is 2.76. The number of carbonyl (C=O) groups is 1. The molecular formula is C20H24N2O3. The molecule has 2 aromatic carbocycles. The van der Waals surface area contributed by atoms with Crippen molar-refractivity contribution < 1.29 is 14.3 Å². The summed E-state index contributed by atoms with van der Waals surface area (Å²) in [5.74, 6) is 1.52. The van der Waals surface area contributed by atoms with Gasteiger partial charge in [0.1, 0.15) is 11.5 Å². The molecule has 0 radical (unpaired) electrons. The molecule has 1 aliphatic rings. The van der Waals surface area contributed by atoms with Gasteiger partial charge in [0.15, 0.2) is 0 Å². The molecule has 132 valence electrons. The number of methoxy groups -OCH3 is 2. The summed E-state index contributed by atoms with van der Waals surface area (Å²) in [4.78, 5) is 17.1. The van der Waals surface area contributed by atoms with E-state index in [0.29, 0.717) is 24.4 Å². The molecule has 0 N–H and O–H groups in total. The van der Waals surface area contributed by atoms with Crippen LogP contribution in [0.1, 0.15) is 15.9 Å². The van der Waals surface area contributed by atoms with Crippen LogP contribution >= 0.6 is 0 Å². The van der Waals surface area contributed by atoms with Gasteiger partial charge >= 0.3 is 0 Å². The highest BCUT2D eigenvalue weighted by Crippen LogP contribution is 2.29. The van der Waals surface area contributed by atoms with Crippen LogP contribution in [-0.4, -0.2) is 51.2 Å². The Morgan fingerprint density at radius 2 is 1.60 bits per heavy atom. The van der Waals surface area contributed by atoms with Crippen LogP contribution in [0.5, 0.6) is 11.5 Å². The smallest absolute Gasteiger partial charge is 0.257 e. The largest absolute Gasteiger partial charge is 0.496 e. The van der Waals surface area contributed by atoms with Gasteiger partial charge in [0, 0.05) is 26.2 Å². The number of rotatable bonds is 4.